The van der Waals surface area contributed by atoms with E-state index in [1.165, 1.54) is 17.5 Å². The molecule has 0 saturated carbocycles. The Kier molecular flexibility index (Phi) is 6.89. The summed E-state index contributed by atoms with van der Waals surface area (Å²) in [6, 6.07) is 8.53. The number of benzene rings is 1. The standard InChI is InChI=1S/C18H28N2O.ClH/c1-13(2)18(3,12-19)20-17(21)11-15-9-6-8-14-7-4-5-10-16(14)15;/h4-5,7,10,13,15H,6,8-9,11-12,19H2,1-3H3,(H,20,21);1H. The lowest BCUT2D eigenvalue weighted by molar-refractivity contribution is -0.123. The summed E-state index contributed by atoms with van der Waals surface area (Å²) in [5, 5.41) is 3.16. The van der Waals surface area contributed by atoms with Gasteiger partial charge in [-0.25, -0.2) is 0 Å². The lowest BCUT2D eigenvalue weighted by Crippen LogP contribution is -2.55. The van der Waals surface area contributed by atoms with Crippen LogP contribution in [0.5, 0.6) is 0 Å². The van der Waals surface area contributed by atoms with E-state index in [0.29, 0.717) is 24.8 Å². The highest BCUT2D eigenvalue weighted by Gasteiger charge is 2.30. The first-order chi connectivity index (χ1) is 9.96. The van der Waals surface area contributed by atoms with Crippen molar-refractivity contribution in [2.45, 2.75) is 57.9 Å². The first-order valence-electron chi connectivity index (χ1n) is 8.05. The first-order valence-corrected chi connectivity index (χ1v) is 8.05. The van der Waals surface area contributed by atoms with Crippen LogP contribution >= 0.6 is 12.4 Å². The van der Waals surface area contributed by atoms with Gasteiger partial charge in [0, 0.05) is 13.0 Å². The molecule has 1 aliphatic rings. The van der Waals surface area contributed by atoms with Gasteiger partial charge in [-0.15, -0.1) is 12.4 Å². The topological polar surface area (TPSA) is 55.1 Å². The average Bonchev–Trinajstić information content (AvgIpc) is 2.47. The highest BCUT2D eigenvalue weighted by atomic mass is 35.5. The second-order valence-electron chi connectivity index (χ2n) is 6.82. The van der Waals surface area contributed by atoms with E-state index in [0.717, 1.165) is 12.8 Å². The first kappa shape index (κ1) is 19.0. The Hall–Kier alpha value is -1.06. The van der Waals surface area contributed by atoms with Crippen molar-refractivity contribution in [2.24, 2.45) is 11.7 Å². The lowest BCUT2D eigenvalue weighted by atomic mass is 9.80. The van der Waals surface area contributed by atoms with Crippen LogP contribution in [-0.4, -0.2) is 18.0 Å². The van der Waals surface area contributed by atoms with Crippen LogP contribution in [0, 0.1) is 5.92 Å². The molecule has 2 unspecified atom stereocenters. The zero-order chi connectivity index (χ0) is 15.5. The second kappa shape index (κ2) is 7.98. The van der Waals surface area contributed by atoms with E-state index in [9.17, 15) is 4.79 Å². The predicted molar refractivity (Wildman–Crippen MR) is 94.4 cm³/mol. The van der Waals surface area contributed by atoms with Crippen LogP contribution in [0.3, 0.4) is 0 Å². The van der Waals surface area contributed by atoms with Crippen molar-refractivity contribution in [2.75, 3.05) is 6.54 Å². The Morgan fingerprint density at radius 2 is 2.09 bits per heavy atom. The summed E-state index contributed by atoms with van der Waals surface area (Å²) in [7, 11) is 0. The second-order valence-corrected chi connectivity index (χ2v) is 6.82. The third kappa shape index (κ3) is 4.23. The molecule has 2 atom stereocenters. The van der Waals surface area contributed by atoms with E-state index in [1.54, 1.807) is 0 Å². The van der Waals surface area contributed by atoms with E-state index >= 15 is 0 Å². The third-order valence-electron chi connectivity index (χ3n) is 5.05. The molecule has 1 aromatic carbocycles. The van der Waals surface area contributed by atoms with Crippen LogP contribution in [0.15, 0.2) is 24.3 Å². The van der Waals surface area contributed by atoms with Gasteiger partial charge in [0.1, 0.15) is 0 Å². The Balaban J connectivity index is 0.00000242. The van der Waals surface area contributed by atoms with E-state index in [4.69, 9.17) is 5.73 Å². The lowest BCUT2D eigenvalue weighted by Gasteiger charge is -2.34. The summed E-state index contributed by atoms with van der Waals surface area (Å²) in [5.41, 5.74) is 8.31. The normalized spacial score (nSPS) is 19.8. The maximum atomic E-state index is 12.4. The van der Waals surface area contributed by atoms with Crippen molar-refractivity contribution >= 4 is 18.3 Å². The number of hydrogen-bond donors (Lipinski definition) is 2. The van der Waals surface area contributed by atoms with Gasteiger partial charge in [-0.2, -0.15) is 0 Å². The molecule has 0 bridgehead atoms. The number of nitrogens with two attached hydrogens (primary N) is 1. The van der Waals surface area contributed by atoms with Gasteiger partial charge in [0.2, 0.25) is 5.91 Å². The van der Waals surface area contributed by atoms with Crippen LogP contribution in [0.25, 0.3) is 0 Å². The fourth-order valence-electron chi connectivity index (χ4n) is 3.09. The molecule has 0 fully saturated rings. The minimum atomic E-state index is -0.314. The van der Waals surface area contributed by atoms with E-state index < -0.39 is 0 Å². The Labute approximate surface area is 140 Å². The Morgan fingerprint density at radius 3 is 2.73 bits per heavy atom. The van der Waals surface area contributed by atoms with Gasteiger partial charge in [0.25, 0.3) is 0 Å². The van der Waals surface area contributed by atoms with Crippen LogP contribution in [0.1, 0.15) is 57.1 Å². The molecule has 3 N–H and O–H groups in total. The summed E-state index contributed by atoms with van der Waals surface area (Å²) < 4.78 is 0. The molecule has 0 spiro atoms. The molecule has 0 aromatic heterocycles. The summed E-state index contributed by atoms with van der Waals surface area (Å²) in [6.07, 6.45) is 3.98. The molecule has 0 heterocycles. The molecule has 3 nitrogen and oxygen atoms in total. The van der Waals surface area contributed by atoms with Gasteiger partial charge < -0.3 is 11.1 Å². The monoisotopic (exact) mass is 324 g/mol. The number of carbonyl (C=O) groups is 1. The largest absolute Gasteiger partial charge is 0.349 e. The Bertz CT molecular complexity index is 504. The molecule has 22 heavy (non-hydrogen) atoms. The van der Waals surface area contributed by atoms with Crippen molar-refractivity contribution in [3.05, 3.63) is 35.4 Å². The molecule has 1 amide bonds. The third-order valence-corrected chi connectivity index (χ3v) is 5.05. The minimum absolute atomic E-state index is 0. The number of carbonyl (C=O) groups excluding carboxylic acids is 1. The van der Waals surface area contributed by atoms with E-state index in [2.05, 4.69) is 43.4 Å². The maximum Gasteiger partial charge on any atom is 0.221 e. The van der Waals surface area contributed by atoms with Crippen molar-refractivity contribution in [3.63, 3.8) is 0 Å². The molecule has 0 aliphatic heterocycles. The Morgan fingerprint density at radius 1 is 1.41 bits per heavy atom. The highest BCUT2D eigenvalue weighted by molar-refractivity contribution is 5.85. The van der Waals surface area contributed by atoms with Gasteiger partial charge in [-0.3, -0.25) is 4.79 Å². The van der Waals surface area contributed by atoms with Crippen molar-refractivity contribution in [3.8, 4) is 0 Å². The number of aryl methyl sites for hydroxylation is 1. The number of fused-ring (bicyclic) bond motifs is 1. The number of hydrogen-bond acceptors (Lipinski definition) is 2. The molecule has 2 rings (SSSR count). The van der Waals surface area contributed by atoms with E-state index in [1.807, 2.05) is 6.92 Å². The van der Waals surface area contributed by atoms with Crippen LogP contribution in [-0.2, 0) is 11.2 Å². The predicted octanol–water partition coefficient (Wildman–Crippen LogP) is 3.41. The molecule has 1 aromatic rings. The summed E-state index contributed by atoms with van der Waals surface area (Å²) >= 11 is 0. The van der Waals surface area contributed by atoms with Gasteiger partial charge in [0.05, 0.1) is 5.54 Å². The van der Waals surface area contributed by atoms with Gasteiger partial charge in [-0.05, 0) is 49.1 Å². The van der Waals surface area contributed by atoms with Crippen LogP contribution < -0.4 is 11.1 Å². The zero-order valence-corrected chi connectivity index (χ0v) is 14.7. The molecular weight excluding hydrogens is 296 g/mol. The highest BCUT2D eigenvalue weighted by Crippen LogP contribution is 2.33. The summed E-state index contributed by atoms with van der Waals surface area (Å²) in [5.74, 6) is 0.799. The molecule has 0 saturated heterocycles. The van der Waals surface area contributed by atoms with Crippen LogP contribution in [0.2, 0.25) is 0 Å². The van der Waals surface area contributed by atoms with Gasteiger partial charge in [-0.1, -0.05) is 38.1 Å². The van der Waals surface area contributed by atoms with Crippen molar-refractivity contribution in [1.82, 2.24) is 5.32 Å². The maximum absolute atomic E-state index is 12.4. The van der Waals surface area contributed by atoms with E-state index in [-0.39, 0.29) is 23.9 Å². The SMILES string of the molecule is CC(C)C(C)(CN)NC(=O)CC1CCCc2ccccc21.Cl. The zero-order valence-electron chi connectivity index (χ0n) is 13.9. The minimum Gasteiger partial charge on any atom is -0.349 e. The fourth-order valence-corrected chi connectivity index (χ4v) is 3.09. The molecule has 1 aliphatic carbocycles. The summed E-state index contributed by atoms with van der Waals surface area (Å²) in [4.78, 5) is 12.4. The van der Waals surface area contributed by atoms with Gasteiger partial charge in [0.15, 0.2) is 0 Å². The smallest absolute Gasteiger partial charge is 0.221 e. The van der Waals surface area contributed by atoms with Crippen LogP contribution in [0.4, 0.5) is 0 Å². The number of nitrogens with one attached hydrogen (secondary N) is 1. The quantitative estimate of drug-likeness (QED) is 0.872. The molecule has 0 radical (unpaired) electrons. The summed E-state index contributed by atoms with van der Waals surface area (Å²) in [6.45, 7) is 6.70. The van der Waals surface area contributed by atoms with Gasteiger partial charge >= 0.3 is 0 Å². The molecule has 4 heteroatoms. The van der Waals surface area contributed by atoms with Crippen molar-refractivity contribution < 1.29 is 4.79 Å². The number of amides is 1. The van der Waals surface area contributed by atoms with Crippen molar-refractivity contribution in [1.29, 1.82) is 0 Å². The number of rotatable bonds is 5. The molecule has 124 valence electrons. The molecular formula is C18H29ClN2O. The average molecular weight is 325 g/mol. The fraction of sp³-hybridized carbons (Fsp3) is 0.611. The number of halogens is 1.